The number of aromatic hydroxyl groups is 1. The Labute approximate surface area is 119 Å². The maximum absolute atomic E-state index is 12.0. The van der Waals surface area contributed by atoms with Gasteiger partial charge in [0.2, 0.25) is 5.91 Å². The van der Waals surface area contributed by atoms with Crippen LogP contribution in [0.5, 0.6) is 5.75 Å². The number of anilines is 1. The molecular weight excluding hydrogens is 275 g/mol. The minimum atomic E-state index is -0.0765. The second-order valence-electron chi connectivity index (χ2n) is 4.07. The van der Waals surface area contributed by atoms with Crippen LogP contribution >= 0.6 is 24.8 Å². The molecule has 1 aromatic carbocycles. The Morgan fingerprint density at radius 2 is 2.17 bits per heavy atom. The molecule has 1 aliphatic rings. The smallest absolute Gasteiger partial charge is 0.243 e. The summed E-state index contributed by atoms with van der Waals surface area (Å²) in [7, 11) is 1.73. The molecule has 1 fully saturated rings. The Bertz CT molecular complexity index is 395. The number of rotatable bonds is 2. The van der Waals surface area contributed by atoms with Crippen molar-refractivity contribution >= 4 is 36.4 Å². The lowest BCUT2D eigenvalue weighted by atomic mass is 10.2. The molecule has 0 aliphatic carbocycles. The van der Waals surface area contributed by atoms with Gasteiger partial charge in [0.25, 0.3) is 0 Å². The fourth-order valence-electron chi connectivity index (χ4n) is 1.96. The van der Waals surface area contributed by atoms with E-state index in [2.05, 4.69) is 5.32 Å². The topological polar surface area (TPSA) is 52.6 Å². The van der Waals surface area contributed by atoms with E-state index in [4.69, 9.17) is 0 Å². The highest BCUT2D eigenvalue weighted by molar-refractivity contribution is 5.97. The first kappa shape index (κ1) is 17.0. The molecule has 1 aliphatic heterocycles. The van der Waals surface area contributed by atoms with Crippen molar-refractivity contribution < 1.29 is 9.90 Å². The van der Waals surface area contributed by atoms with E-state index < -0.39 is 0 Å². The summed E-state index contributed by atoms with van der Waals surface area (Å²) in [6.07, 6.45) is 1.94. The van der Waals surface area contributed by atoms with Gasteiger partial charge in [-0.15, -0.1) is 24.8 Å². The summed E-state index contributed by atoms with van der Waals surface area (Å²) in [4.78, 5) is 13.6. The summed E-state index contributed by atoms with van der Waals surface area (Å²) >= 11 is 0. The Morgan fingerprint density at radius 1 is 1.44 bits per heavy atom. The quantitative estimate of drug-likeness (QED) is 0.876. The fraction of sp³-hybridized carbons (Fsp3) is 0.417. The molecule has 0 aromatic heterocycles. The molecule has 1 atom stereocenters. The molecule has 2 rings (SSSR count). The lowest BCUT2D eigenvalue weighted by Gasteiger charge is -2.21. The molecule has 0 unspecified atom stereocenters. The predicted molar refractivity (Wildman–Crippen MR) is 77.0 cm³/mol. The molecule has 4 nitrogen and oxygen atoms in total. The maximum Gasteiger partial charge on any atom is 0.243 e. The third-order valence-electron chi connectivity index (χ3n) is 2.91. The van der Waals surface area contributed by atoms with Crippen molar-refractivity contribution in [1.29, 1.82) is 0 Å². The third-order valence-corrected chi connectivity index (χ3v) is 2.91. The van der Waals surface area contributed by atoms with Gasteiger partial charge < -0.3 is 15.3 Å². The molecular formula is C12H18Cl2N2O2. The molecule has 1 heterocycles. The Morgan fingerprint density at radius 3 is 2.72 bits per heavy atom. The van der Waals surface area contributed by atoms with E-state index in [0.29, 0.717) is 0 Å². The molecule has 1 saturated heterocycles. The third kappa shape index (κ3) is 3.77. The van der Waals surface area contributed by atoms with Crippen molar-refractivity contribution in [2.75, 3.05) is 18.5 Å². The van der Waals surface area contributed by atoms with Crippen LogP contribution in [-0.2, 0) is 4.79 Å². The van der Waals surface area contributed by atoms with Gasteiger partial charge in [-0.25, -0.2) is 0 Å². The molecule has 0 spiro atoms. The number of benzene rings is 1. The van der Waals surface area contributed by atoms with Gasteiger partial charge in [-0.2, -0.15) is 0 Å². The molecule has 0 bridgehead atoms. The van der Waals surface area contributed by atoms with E-state index in [1.54, 1.807) is 30.1 Å². The normalized spacial score (nSPS) is 17.5. The Kier molecular flexibility index (Phi) is 7.06. The maximum atomic E-state index is 12.0. The highest BCUT2D eigenvalue weighted by Crippen LogP contribution is 2.20. The zero-order valence-electron chi connectivity index (χ0n) is 10.1. The lowest BCUT2D eigenvalue weighted by molar-refractivity contribution is -0.119. The monoisotopic (exact) mass is 292 g/mol. The standard InChI is InChI=1S/C12H16N2O2.2ClH/c1-14(9-4-2-5-10(15)8-9)12(16)11-6-3-7-13-11;;/h2,4-5,8,11,13,15H,3,6-7H2,1H3;2*1H/t11-;;/m0../s1. The summed E-state index contributed by atoms with van der Waals surface area (Å²) in [5.74, 6) is 0.236. The molecule has 102 valence electrons. The van der Waals surface area contributed by atoms with Gasteiger partial charge in [0, 0.05) is 18.8 Å². The van der Waals surface area contributed by atoms with E-state index in [0.717, 1.165) is 25.1 Å². The number of hydrogen-bond donors (Lipinski definition) is 2. The summed E-state index contributed by atoms with van der Waals surface area (Å²) < 4.78 is 0. The fourth-order valence-corrected chi connectivity index (χ4v) is 1.96. The largest absolute Gasteiger partial charge is 0.508 e. The minimum absolute atomic E-state index is 0. The van der Waals surface area contributed by atoms with Crippen LogP contribution in [0.15, 0.2) is 24.3 Å². The first-order chi connectivity index (χ1) is 7.68. The van der Waals surface area contributed by atoms with Crippen LogP contribution < -0.4 is 10.2 Å². The van der Waals surface area contributed by atoms with E-state index >= 15 is 0 Å². The van der Waals surface area contributed by atoms with Crippen molar-refractivity contribution in [2.24, 2.45) is 0 Å². The number of nitrogens with one attached hydrogen (secondary N) is 1. The van der Waals surface area contributed by atoms with Crippen molar-refractivity contribution in [1.82, 2.24) is 5.32 Å². The highest BCUT2D eigenvalue weighted by Gasteiger charge is 2.25. The SMILES string of the molecule is CN(C(=O)[C@@H]1CCCN1)c1cccc(O)c1.Cl.Cl. The average Bonchev–Trinajstić information content (AvgIpc) is 2.80. The van der Waals surface area contributed by atoms with E-state index in [9.17, 15) is 9.90 Å². The van der Waals surface area contributed by atoms with Gasteiger partial charge in [0.15, 0.2) is 0 Å². The minimum Gasteiger partial charge on any atom is -0.508 e. The van der Waals surface area contributed by atoms with Crippen molar-refractivity contribution in [2.45, 2.75) is 18.9 Å². The van der Waals surface area contributed by atoms with Crippen molar-refractivity contribution in [3.63, 3.8) is 0 Å². The second-order valence-corrected chi connectivity index (χ2v) is 4.07. The van der Waals surface area contributed by atoms with E-state index in [-0.39, 0.29) is 42.5 Å². The van der Waals surface area contributed by atoms with Crippen LogP contribution in [0.2, 0.25) is 0 Å². The van der Waals surface area contributed by atoms with Crippen LogP contribution in [0, 0.1) is 0 Å². The number of likely N-dealkylation sites (N-methyl/N-ethyl adjacent to an activating group) is 1. The van der Waals surface area contributed by atoms with Crippen molar-refractivity contribution in [3.05, 3.63) is 24.3 Å². The Balaban J connectivity index is 0.00000144. The predicted octanol–water partition coefficient (Wildman–Crippen LogP) is 1.95. The van der Waals surface area contributed by atoms with Gasteiger partial charge in [0.1, 0.15) is 5.75 Å². The van der Waals surface area contributed by atoms with Crippen LogP contribution in [0.25, 0.3) is 0 Å². The van der Waals surface area contributed by atoms with Crippen LogP contribution in [0.3, 0.4) is 0 Å². The molecule has 6 heteroatoms. The van der Waals surface area contributed by atoms with Gasteiger partial charge in [-0.05, 0) is 31.5 Å². The van der Waals surface area contributed by atoms with Gasteiger partial charge in [-0.1, -0.05) is 6.07 Å². The number of halogens is 2. The van der Waals surface area contributed by atoms with Gasteiger partial charge in [0.05, 0.1) is 6.04 Å². The Hall–Kier alpha value is -0.970. The van der Waals surface area contributed by atoms with E-state index in [1.807, 2.05) is 6.07 Å². The summed E-state index contributed by atoms with van der Waals surface area (Å²) in [5.41, 5.74) is 0.721. The summed E-state index contributed by atoms with van der Waals surface area (Å²) in [5, 5.41) is 12.5. The molecule has 1 aromatic rings. The number of phenolic OH excluding ortho intramolecular Hbond substituents is 1. The van der Waals surface area contributed by atoms with E-state index in [1.165, 1.54) is 0 Å². The second kappa shape index (κ2) is 7.46. The number of carbonyl (C=O) groups excluding carboxylic acids is 1. The number of hydrogen-bond acceptors (Lipinski definition) is 3. The summed E-state index contributed by atoms with van der Waals surface area (Å²) in [6.45, 7) is 0.907. The number of phenols is 1. The zero-order valence-corrected chi connectivity index (χ0v) is 11.8. The lowest BCUT2D eigenvalue weighted by Crippen LogP contribution is -2.41. The number of amides is 1. The molecule has 1 amide bonds. The van der Waals surface area contributed by atoms with Crippen LogP contribution in [-0.4, -0.2) is 30.6 Å². The first-order valence-electron chi connectivity index (χ1n) is 5.48. The summed E-state index contributed by atoms with van der Waals surface area (Å²) in [6, 6.07) is 6.65. The molecule has 0 saturated carbocycles. The van der Waals surface area contributed by atoms with Crippen molar-refractivity contribution in [3.8, 4) is 5.75 Å². The molecule has 0 radical (unpaired) electrons. The van der Waals surface area contributed by atoms with Gasteiger partial charge >= 0.3 is 0 Å². The number of carbonyl (C=O) groups is 1. The van der Waals surface area contributed by atoms with Crippen LogP contribution in [0.1, 0.15) is 12.8 Å². The van der Waals surface area contributed by atoms with Gasteiger partial charge in [-0.3, -0.25) is 4.79 Å². The van der Waals surface area contributed by atoms with Crippen LogP contribution in [0.4, 0.5) is 5.69 Å². The average molecular weight is 293 g/mol. The number of nitrogens with zero attached hydrogens (tertiary/aromatic N) is 1. The molecule has 18 heavy (non-hydrogen) atoms. The first-order valence-corrected chi connectivity index (χ1v) is 5.48. The highest BCUT2D eigenvalue weighted by atomic mass is 35.5. The molecule has 2 N–H and O–H groups in total. The zero-order chi connectivity index (χ0) is 11.5.